The molecule has 1 heterocycles. The highest BCUT2D eigenvalue weighted by Gasteiger charge is 2.13. The third-order valence-corrected chi connectivity index (χ3v) is 4.42. The molecule has 0 amide bonds. The van der Waals surface area contributed by atoms with Crippen LogP contribution in [0.15, 0.2) is 47.6 Å². The molecule has 0 radical (unpaired) electrons. The van der Waals surface area contributed by atoms with Gasteiger partial charge in [-0.3, -0.25) is 4.79 Å². The molecule has 0 saturated heterocycles. The van der Waals surface area contributed by atoms with Crippen molar-refractivity contribution in [2.75, 3.05) is 6.54 Å². The number of carbonyl (C=O) groups is 1. The second kappa shape index (κ2) is 6.02. The van der Waals surface area contributed by atoms with Crippen molar-refractivity contribution in [3.05, 3.63) is 53.9 Å². The van der Waals surface area contributed by atoms with Gasteiger partial charge in [0.15, 0.2) is 5.78 Å². The lowest BCUT2D eigenvalue weighted by molar-refractivity contribution is 0.101. The van der Waals surface area contributed by atoms with Gasteiger partial charge >= 0.3 is 0 Å². The summed E-state index contributed by atoms with van der Waals surface area (Å²) in [4.78, 5) is 14.2. The number of aromatic amines is 1. The molecule has 0 aliphatic carbocycles. The minimum Gasteiger partial charge on any atom is -0.367 e. The van der Waals surface area contributed by atoms with Crippen molar-refractivity contribution in [2.24, 2.45) is 0 Å². The molecule has 106 valence electrons. The molecule has 2 N–H and O–H groups in total. The standard InChI is InChI=1S/C14H16N2O3S/c1-11(17)13-2-4-14(5-3-13)20(18,19)16-9-7-12-6-8-15-10-12/h2-6,8,10,15-16H,7,9H2,1H3. The molecule has 0 aliphatic heterocycles. The number of rotatable bonds is 6. The van der Waals surface area contributed by atoms with Gasteiger partial charge in [0.1, 0.15) is 0 Å². The number of hydrogen-bond donors (Lipinski definition) is 2. The van der Waals surface area contributed by atoms with Crippen molar-refractivity contribution in [3.8, 4) is 0 Å². The van der Waals surface area contributed by atoms with E-state index in [0.29, 0.717) is 18.5 Å². The van der Waals surface area contributed by atoms with Crippen molar-refractivity contribution in [1.82, 2.24) is 9.71 Å². The zero-order valence-electron chi connectivity index (χ0n) is 11.1. The van der Waals surface area contributed by atoms with Crippen LogP contribution in [0.2, 0.25) is 0 Å². The van der Waals surface area contributed by atoms with Crippen LogP contribution in [0.4, 0.5) is 0 Å². The second-order valence-electron chi connectivity index (χ2n) is 4.45. The largest absolute Gasteiger partial charge is 0.367 e. The van der Waals surface area contributed by atoms with E-state index in [1.807, 2.05) is 12.3 Å². The lowest BCUT2D eigenvalue weighted by atomic mass is 10.2. The number of H-pyrrole nitrogens is 1. The molecular weight excluding hydrogens is 276 g/mol. The van der Waals surface area contributed by atoms with E-state index in [0.717, 1.165) is 5.56 Å². The maximum atomic E-state index is 12.0. The molecule has 1 aromatic carbocycles. The summed E-state index contributed by atoms with van der Waals surface area (Å²) in [6, 6.07) is 7.81. The quantitative estimate of drug-likeness (QED) is 0.796. The molecule has 5 nitrogen and oxygen atoms in total. The Morgan fingerprint density at radius 3 is 2.45 bits per heavy atom. The fourth-order valence-electron chi connectivity index (χ4n) is 1.80. The van der Waals surface area contributed by atoms with Gasteiger partial charge in [-0.2, -0.15) is 0 Å². The van der Waals surface area contributed by atoms with Crippen LogP contribution in [0, 0.1) is 0 Å². The molecule has 0 saturated carbocycles. The number of carbonyl (C=O) groups excluding carboxylic acids is 1. The number of hydrogen-bond acceptors (Lipinski definition) is 3. The van der Waals surface area contributed by atoms with E-state index >= 15 is 0 Å². The monoisotopic (exact) mass is 292 g/mol. The highest BCUT2D eigenvalue weighted by Crippen LogP contribution is 2.11. The number of nitrogens with one attached hydrogen (secondary N) is 2. The van der Waals surface area contributed by atoms with Crippen molar-refractivity contribution < 1.29 is 13.2 Å². The summed E-state index contributed by atoms with van der Waals surface area (Å²) >= 11 is 0. The fraction of sp³-hybridized carbons (Fsp3) is 0.214. The zero-order chi connectivity index (χ0) is 14.6. The Morgan fingerprint density at radius 1 is 1.20 bits per heavy atom. The molecule has 0 atom stereocenters. The summed E-state index contributed by atoms with van der Waals surface area (Å²) in [5.74, 6) is -0.0886. The Balaban J connectivity index is 2.00. The van der Waals surface area contributed by atoms with Crippen molar-refractivity contribution in [2.45, 2.75) is 18.2 Å². The van der Waals surface area contributed by atoms with Crippen LogP contribution in [-0.4, -0.2) is 25.7 Å². The van der Waals surface area contributed by atoms with Gasteiger partial charge in [-0.15, -0.1) is 0 Å². The Bertz CT molecular complexity index is 674. The summed E-state index contributed by atoms with van der Waals surface area (Å²) in [5, 5.41) is 0. The molecule has 0 unspecified atom stereocenters. The normalized spacial score (nSPS) is 11.4. The molecular formula is C14H16N2O3S. The van der Waals surface area contributed by atoms with Crippen LogP contribution in [-0.2, 0) is 16.4 Å². The Kier molecular flexibility index (Phi) is 4.36. The average Bonchev–Trinajstić information content (AvgIpc) is 2.92. The highest BCUT2D eigenvalue weighted by molar-refractivity contribution is 7.89. The first-order chi connectivity index (χ1) is 9.49. The summed E-state index contributed by atoms with van der Waals surface area (Å²) in [6.07, 6.45) is 4.24. The Hall–Kier alpha value is -1.92. The van der Waals surface area contributed by atoms with Gasteiger partial charge in [-0.25, -0.2) is 13.1 Å². The van der Waals surface area contributed by atoms with Crippen molar-refractivity contribution >= 4 is 15.8 Å². The van der Waals surface area contributed by atoms with Gasteiger partial charge in [-0.1, -0.05) is 12.1 Å². The number of ketones is 1. The zero-order valence-corrected chi connectivity index (χ0v) is 11.9. The molecule has 0 fully saturated rings. The minimum atomic E-state index is -3.53. The Morgan fingerprint density at radius 2 is 1.90 bits per heavy atom. The molecule has 2 rings (SSSR count). The number of Topliss-reactive ketones (excluding diaryl/α,β-unsaturated/α-hetero) is 1. The summed E-state index contributed by atoms with van der Waals surface area (Å²) in [6.45, 7) is 1.77. The maximum Gasteiger partial charge on any atom is 0.240 e. The van der Waals surface area contributed by atoms with Crippen LogP contribution in [0.25, 0.3) is 0 Å². The molecule has 0 spiro atoms. The van der Waals surface area contributed by atoms with Crippen LogP contribution in [0.5, 0.6) is 0 Å². The van der Waals surface area contributed by atoms with E-state index in [-0.39, 0.29) is 10.7 Å². The number of aromatic nitrogens is 1. The summed E-state index contributed by atoms with van der Waals surface area (Å²) in [5.41, 5.74) is 1.54. The highest BCUT2D eigenvalue weighted by atomic mass is 32.2. The van der Waals surface area contributed by atoms with Gasteiger partial charge < -0.3 is 4.98 Å². The molecule has 1 aromatic heterocycles. The van der Waals surface area contributed by atoms with Crippen LogP contribution in [0.3, 0.4) is 0 Å². The molecule has 20 heavy (non-hydrogen) atoms. The third kappa shape index (κ3) is 3.55. The first kappa shape index (κ1) is 14.5. The van der Waals surface area contributed by atoms with Gasteiger partial charge in [0, 0.05) is 24.5 Å². The van der Waals surface area contributed by atoms with E-state index in [1.165, 1.54) is 31.2 Å². The van der Waals surface area contributed by atoms with E-state index < -0.39 is 10.0 Å². The average molecular weight is 292 g/mol. The minimum absolute atomic E-state index is 0.0886. The van der Waals surface area contributed by atoms with E-state index in [1.54, 1.807) is 6.20 Å². The van der Waals surface area contributed by atoms with Gasteiger partial charge in [0.25, 0.3) is 0 Å². The number of benzene rings is 1. The fourth-order valence-corrected chi connectivity index (χ4v) is 2.83. The smallest absolute Gasteiger partial charge is 0.240 e. The number of sulfonamides is 1. The first-order valence-electron chi connectivity index (χ1n) is 6.21. The third-order valence-electron chi connectivity index (χ3n) is 2.94. The lowest BCUT2D eigenvalue weighted by Crippen LogP contribution is -2.25. The van der Waals surface area contributed by atoms with Crippen molar-refractivity contribution in [1.29, 1.82) is 0 Å². The Labute approximate surface area is 118 Å². The molecule has 0 aliphatic rings. The maximum absolute atomic E-state index is 12.0. The summed E-state index contributed by atoms with van der Waals surface area (Å²) in [7, 11) is -3.53. The predicted molar refractivity (Wildman–Crippen MR) is 76.1 cm³/mol. The molecule has 0 bridgehead atoms. The van der Waals surface area contributed by atoms with Crippen molar-refractivity contribution in [3.63, 3.8) is 0 Å². The van der Waals surface area contributed by atoms with Gasteiger partial charge in [0.05, 0.1) is 4.90 Å². The van der Waals surface area contributed by atoms with Crippen LogP contribution in [0.1, 0.15) is 22.8 Å². The van der Waals surface area contributed by atoms with Gasteiger partial charge in [-0.05, 0) is 37.1 Å². The van der Waals surface area contributed by atoms with E-state index in [9.17, 15) is 13.2 Å². The molecule has 2 aromatic rings. The van der Waals surface area contributed by atoms with Crippen LogP contribution >= 0.6 is 0 Å². The SMILES string of the molecule is CC(=O)c1ccc(S(=O)(=O)NCCc2cc[nH]c2)cc1. The molecule has 6 heteroatoms. The topological polar surface area (TPSA) is 79.0 Å². The lowest BCUT2D eigenvalue weighted by Gasteiger charge is -2.06. The first-order valence-corrected chi connectivity index (χ1v) is 7.70. The summed E-state index contributed by atoms with van der Waals surface area (Å²) < 4.78 is 26.6. The predicted octanol–water partition coefficient (Wildman–Crippen LogP) is 1.74. The van der Waals surface area contributed by atoms with Crippen LogP contribution < -0.4 is 4.72 Å². The van der Waals surface area contributed by atoms with E-state index in [4.69, 9.17) is 0 Å². The van der Waals surface area contributed by atoms with E-state index in [2.05, 4.69) is 9.71 Å². The van der Waals surface area contributed by atoms with Gasteiger partial charge in [0.2, 0.25) is 10.0 Å². The second-order valence-corrected chi connectivity index (χ2v) is 6.21.